The van der Waals surface area contributed by atoms with Gasteiger partial charge in [-0.25, -0.2) is 0 Å². The number of likely N-dealkylation sites (N-methyl/N-ethyl adjacent to an activating group) is 1. The predicted octanol–water partition coefficient (Wildman–Crippen LogP) is 4.70. The van der Waals surface area contributed by atoms with Gasteiger partial charge >= 0.3 is 5.97 Å². The standard InChI is InChI=1S/C28H31NO4/c1-20(27(31)23-17-11-6-12-18-23)29(2)28(32)26(22-15-9-5-10-16-22)24(19-25(30)33-3)21-13-7-4-8-14-21/h4-18,20,24,26-27,31H,19H2,1-3H3/t20-,24+,26-,27+/m1/s1. The third kappa shape index (κ3) is 5.88. The molecule has 1 amide bonds. The van der Waals surface area contributed by atoms with Gasteiger partial charge in [0, 0.05) is 13.0 Å². The Labute approximate surface area is 195 Å². The van der Waals surface area contributed by atoms with Crippen molar-refractivity contribution >= 4 is 11.9 Å². The first kappa shape index (κ1) is 24.2. The molecular weight excluding hydrogens is 414 g/mol. The highest BCUT2D eigenvalue weighted by molar-refractivity contribution is 5.86. The molecule has 0 unspecified atom stereocenters. The van der Waals surface area contributed by atoms with Gasteiger partial charge in [0.1, 0.15) is 0 Å². The number of amides is 1. The number of esters is 1. The molecule has 0 saturated carbocycles. The Hall–Kier alpha value is -3.44. The molecule has 0 radical (unpaired) electrons. The van der Waals surface area contributed by atoms with Crippen molar-refractivity contribution in [1.29, 1.82) is 0 Å². The molecule has 3 rings (SSSR count). The van der Waals surface area contributed by atoms with Gasteiger partial charge in [0.25, 0.3) is 0 Å². The molecule has 0 aromatic heterocycles. The van der Waals surface area contributed by atoms with Crippen molar-refractivity contribution < 1.29 is 19.4 Å². The van der Waals surface area contributed by atoms with Crippen LogP contribution < -0.4 is 0 Å². The van der Waals surface area contributed by atoms with Gasteiger partial charge in [0.15, 0.2) is 0 Å². The lowest BCUT2D eigenvalue weighted by molar-refractivity contribution is -0.142. The van der Waals surface area contributed by atoms with E-state index in [1.165, 1.54) is 7.11 Å². The largest absolute Gasteiger partial charge is 0.469 e. The van der Waals surface area contributed by atoms with Crippen LogP contribution in [0.5, 0.6) is 0 Å². The van der Waals surface area contributed by atoms with Crippen molar-refractivity contribution in [2.75, 3.05) is 14.2 Å². The fourth-order valence-electron chi connectivity index (χ4n) is 4.16. The third-order valence-electron chi connectivity index (χ3n) is 6.23. The zero-order valence-corrected chi connectivity index (χ0v) is 19.3. The van der Waals surface area contributed by atoms with Crippen LogP contribution in [-0.2, 0) is 14.3 Å². The minimum Gasteiger partial charge on any atom is -0.469 e. The molecule has 0 spiro atoms. The van der Waals surface area contributed by atoms with Crippen LogP contribution in [0, 0.1) is 0 Å². The number of rotatable bonds is 9. The summed E-state index contributed by atoms with van der Waals surface area (Å²) >= 11 is 0. The molecule has 1 N–H and O–H groups in total. The van der Waals surface area contributed by atoms with E-state index in [2.05, 4.69) is 0 Å². The van der Waals surface area contributed by atoms with Gasteiger partial charge in [-0.1, -0.05) is 91.0 Å². The summed E-state index contributed by atoms with van der Waals surface area (Å²) in [6, 6.07) is 27.9. The molecule has 172 valence electrons. The van der Waals surface area contributed by atoms with Crippen LogP contribution in [0.15, 0.2) is 91.0 Å². The molecule has 0 saturated heterocycles. The maximum atomic E-state index is 14.0. The van der Waals surface area contributed by atoms with E-state index < -0.39 is 24.0 Å². The Balaban J connectivity index is 2.00. The number of aliphatic hydroxyl groups is 1. The van der Waals surface area contributed by atoms with E-state index in [1.54, 1.807) is 11.9 Å². The fourth-order valence-corrected chi connectivity index (χ4v) is 4.16. The molecule has 5 heteroatoms. The maximum absolute atomic E-state index is 14.0. The Morgan fingerprint density at radius 3 is 1.76 bits per heavy atom. The van der Waals surface area contributed by atoms with E-state index in [0.717, 1.165) is 16.7 Å². The first-order chi connectivity index (χ1) is 15.9. The molecular formula is C28H31NO4. The quantitative estimate of drug-likeness (QED) is 0.485. The highest BCUT2D eigenvalue weighted by atomic mass is 16.5. The lowest BCUT2D eigenvalue weighted by Gasteiger charge is -2.35. The summed E-state index contributed by atoms with van der Waals surface area (Å²) in [4.78, 5) is 27.9. The van der Waals surface area contributed by atoms with Gasteiger partial charge in [0.05, 0.1) is 31.6 Å². The molecule has 0 aliphatic carbocycles. The first-order valence-corrected chi connectivity index (χ1v) is 11.1. The van der Waals surface area contributed by atoms with E-state index in [1.807, 2.05) is 97.9 Å². The molecule has 0 aliphatic rings. The number of hydrogen-bond acceptors (Lipinski definition) is 4. The summed E-state index contributed by atoms with van der Waals surface area (Å²) in [5.74, 6) is -1.58. The number of aliphatic hydroxyl groups excluding tert-OH is 1. The van der Waals surface area contributed by atoms with Crippen LogP contribution in [0.25, 0.3) is 0 Å². The molecule has 0 bridgehead atoms. The van der Waals surface area contributed by atoms with Gasteiger partial charge < -0.3 is 14.7 Å². The number of carbonyl (C=O) groups is 2. The van der Waals surface area contributed by atoms with Gasteiger partial charge in [-0.2, -0.15) is 0 Å². The van der Waals surface area contributed by atoms with Crippen LogP contribution >= 0.6 is 0 Å². The number of carbonyl (C=O) groups excluding carboxylic acids is 2. The SMILES string of the molecule is COC(=O)C[C@@H](c1ccccc1)[C@H](C(=O)N(C)[C@H](C)[C@H](O)c1ccccc1)c1ccccc1. The zero-order chi connectivity index (χ0) is 23.8. The highest BCUT2D eigenvalue weighted by Crippen LogP contribution is 2.38. The monoisotopic (exact) mass is 445 g/mol. The van der Waals surface area contributed by atoms with Gasteiger partial charge in [-0.05, 0) is 23.6 Å². The number of ether oxygens (including phenoxy) is 1. The number of hydrogen-bond donors (Lipinski definition) is 1. The highest BCUT2D eigenvalue weighted by Gasteiger charge is 2.37. The van der Waals surface area contributed by atoms with Crippen molar-refractivity contribution in [1.82, 2.24) is 4.90 Å². The predicted molar refractivity (Wildman–Crippen MR) is 129 cm³/mol. The summed E-state index contributed by atoms with van der Waals surface area (Å²) in [5.41, 5.74) is 2.44. The minimum absolute atomic E-state index is 0.0648. The molecule has 5 nitrogen and oxygen atoms in total. The summed E-state index contributed by atoms with van der Waals surface area (Å²) in [7, 11) is 3.06. The lowest BCUT2D eigenvalue weighted by atomic mass is 9.78. The van der Waals surface area contributed by atoms with E-state index in [0.29, 0.717) is 0 Å². The fraction of sp³-hybridized carbons (Fsp3) is 0.286. The number of nitrogens with zero attached hydrogens (tertiary/aromatic N) is 1. The summed E-state index contributed by atoms with van der Waals surface area (Å²) in [6.45, 7) is 1.83. The smallest absolute Gasteiger partial charge is 0.306 e. The van der Waals surface area contributed by atoms with Crippen molar-refractivity contribution in [3.63, 3.8) is 0 Å². The summed E-state index contributed by atoms with van der Waals surface area (Å²) < 4.78 is 4.97. The van der Waals surface area contributed by atoms with Gasteiger partial charge in [-0.15, -0.1) is 0 Å². The van der Waals surface area contributed by atoms with Crippen molar-refractivity contribution in [2.24, 2.45) is 0 Å². The normalized spacial score (nSPS) is 14.5. The Kier molecular flexibility index (Phi) is 8.39. The molecule has 3 aromatic rings. The third-order valence-corrected chi connectivity index (χ3v) is 6.23. The van der Waals surface area contributed by atoms with E-state index in [9.17, 15) is 14.7 Å². The second-order valence-corrected chi connectivity index (χ2v) is 8.23. The maximum Gasteiger partial charge on any atom is 0.306 e. The molecule has 33 heavy (non-hydrogen) atoms. The summed E-state index contributed by atoms with van der Waals surface area (Å²) in [5, 5.41) is 10.9. The topological polar surface area (TPSA) is 66.8 Å². The molecule has 3 aromatic carbocycles. The van der Waals surface area contributed by atoms with Crippen molar-refractivity contribution in [3.05, 3.63) is 108 Å². The van der Waals surface area contributed by atoms with Crippen molar-refractivity contribution in [3.8, 4) is 0 Å². The van der Waals surface area contributed by atoms with Crippen LogP contribution in [0.2, 0.25) is 0 Å². The Morgan fingerprint density at radius 2 is 1.27 bits per heavy atom. The zero-order valence-electron chi connectivity index (χ0n) is 19.3. The first-order valence-electron chi connectivity index (χ1n) is 11.1. The van der Waals surface area contributed by atoms with E-state index >= 15 is 0 Å². The molecule has 0 heterocycles. The van der Waals surface area contributed by atoms with Crippen molar-refractivity contribution in [2.45, 2.75) is 37.3 Å². The van der Waals surface area contributed by atoms with Gasteiger partial charge in [-0.3, -0.25) is 9.59 Å². The number of methoxy groups -OCH3 is 1. The van der Waals surface area contributed by atoms with Crippen LogP contribution in [0.4, 0.5) is 0 Å². The van der Waals surface area contributed by atoms with E-state index in [-0.39, 0.29) is 18.3 Å². The second-order valence-electron chi connectivity index (χ2n) is 8.23. The van der Waals surface area contributed by atoms with Crippen LogP contribution in [-0.4, -0.2) is 42.1 Å². The number of benzene rings is 3. The molecule has 4 atom stereocenters. The molecule has 0 fully saturated rings. The second kappa shape index (κ2) is 11.4. The van der Waals surface area contributed by atoms with Crippen LogP contribution in [0.3, 0.4) is 0 Å². The lowest BCUT2D eigenvalue weighted by Crippen LogP contribution is -2.43. The average molecular weight is 446 g/mol. The summed E-state index contributed by atoms with van der Waals surface area (Å²) in [6.07, 6.45) is -0.776. The molecule has 0 aliphatic heterocycles. The Bertz CT molecular complexity index is 1020. The van der Waals surface area contributed by atoms with Gasteiger partial charge in [0.2, 0.25) is 5.91 Å². The van der Waals surface area contributed by atoms with E-state index in [4.69, 9.17) is 4.74 Å². The minimum atomic E-state index is -0.840. The van der Waals surface area contributed by atoms with Crippen LogP contribution in [0.1, 0.15) is 48.0 Å². The Morgan fingerprint density at radius 1 is 0.818 bits per heavy atom. The average Bonchev–Trinajstić information content (AvgIpc) is 2.88.